The summed E-state index contributed by atoms with van der Waals surface area (Å²) in [6, 6.07) is 19.3. The number of nitrogens with one attached hydrogen (secondary N) is 1. The predicted molar refractivity (Wildman–Crippen MR) is 95.1 cm³/mol. The number of anilines is 2. The second-order valence-electron chi connectivity index (χ2n) is 5.23. The van der Waals surface area contributed by atoms with Crippen LogP contribution in [0.3, 0.4) is 0 Å². The SMILES string of the molecule is N=C(N)N(c1ccccc1)c1ccccc1.NC(CO)(CO)CO. The van der Waals surface area contributed by atoms with Gasteiger partial charge < -0.3 is 26.8 Å². The molecule has 8 N–H and O–H groups in total. The summed E-state index contributed by atoms with van der Waals surface area (Å²) in [7, 11) is 0. The molecule has 0 aliphatic rings. The number of hydrogen-bond acceptors (Lipinski definition) is 5. The Morgan fingerprint density at radius 3 is 1.38 bits per heavy atom. The summed E-state index contributed by atoms with van der Waals surface area (Å²) in [5.74, 6) is 0.0115. The molecule has 7 heteroatoms. The molecule has 0 bridgehead atoms. The zero-order valence-electron chi connectivity index (χ0n) is 13.3. The Bertz CT molecular complexity index is 556. The summed E-state index contributed by atoms with van der Waals surface area (Å²) in [6.07, 6.45) is 0. The molecule has 0 heterocycles. The van der Waals surface area contributed by atoms with Crippen molar-refractivity contribution in [3.05, 3.63) is 60.7 Å². The lowest BCUT2D eigenvalue weighted by atomic mass is 10.1. The van der Waals surface area contributed by atoms with Crippen LogP contribution in [0.5, 0.6) is 0 Å². The van der Waals surface area contributed by atoms with Crippen molar-refractivity contribution in [3.63, 3.8) is 0 Å². The van der Waals surface area contributed by atoms with Crippen molar-refractivity contribution in [2.45, 2.75) is 5.54 Å². The second kappa shape index (κ2) is 9.64. The molecule has 7 nitrogen and oxygen atoms in total. The average Bonchev–Trinajstić information content (AvgIpc) is 2.63. The average molecular weight is 332 g/mol. The number of hydrogen-bond donors (Lipinski definition) is 6. The van der Waals surface area contributed by atoms with Crippen LogP contribution in [0.15, 0.2) is 60.7 Å². The summed E-state index contributed by atoms with van der Waals surface area (Å²) in [5.41, 5.74) is 11.3. The molecule has 0 radical (unpaired) electrons. The van der Waals surface area contributed by atoms with Gasteiger partial charge in [-0.25, -0.2) is 0 Å². The first-order valence-corrected chi connectivity index (χ1v) is 7.33. The highest BCUT2D eigenvalue weighted by atomic mass is 16.3. The van der Waals surface area contributed by atoms with Crippen molar-refractivity contribution in [1.29, 1.82) is 5.41 Å². The van der Waals surface area contributed by atoms with Gasteiger partial charge in [-0.05, 0) is 24.3 Å². The van der Waals surface area contributed by atoms with E-state index in [2.05, 4.69) is 0 Å². The molecule has 0 aromatic heterocycles. The van der Waals surface area contributed by atoms with E-state index in [1.54, 1.807) is 4.90 Å². The van der Waals surface area contributed by atoms with E-state index in [4.69, 9.17) is 32.2 Å². The van der Waals surface area contributed by atoms with Gasteiger partial charge in [-0.15, -0.1) is 0 Å². The van der Waals surface area contributed by atoms with E-state index in [0.717, 1.165) is 11.4 Å². The predicted octanol–water partition coefficient (Wildman–Crippen LogP) is 0.379. The Morgan fingerprint density at radius 2 is 1.17 bits per heavy atom. The van der Waals surface area contributed by atoms with E-state index in [1.165, 1.54) is 0 Å². The van der Waals surface area contributed by atoms with E-state index >= 15 is 0 Å². The molecule has 0 fully saturated rings. The Balaban J connectivity index is 0.000000307. The zero-order valence-corrected chi connectivity index (χ0v) is 13.3. The Morgan fingerprint density at radius 1 is 0.833 bits per heavy atom. The summed E-state index contributed by atoms with van der Waals surface area (Å²) >= 11 is 0. The normalized spacial score (nSPS) is 10.5. The fraction of sp³-hybridized carbons (Fsp3) is 0.235. The summed E-state index contributed by atoms with van der Waals surface area (Å²) < 4.78 is 0. The Kier molecular flexibility index (Phi) is 7.87. The van der Waals surface area contributed by atoms with Gasteiger partial charge in [0.2, 0.25) is 0 Å². The highest BCUT2D eigenvalue weighted by Crippen LogP contribution is 2.23. The minimum atomic E-state index is -1.21. The number of benzene rings is 2. The van der Waals surface area contributed by atoms with Crippen molar-refractivity contribution in [2.75, 3.05) is 24.7 Å². The van der Waals surface area contributed by atoms with Gasteiger partial charge in [0, 0.05) is 11.4 Å². The largest absolute Gasteiger partial charge is 0.394 e. The second-order valence-corrected chi connectivity index (χ2v) is 5.23. The molecule has 0 saturated heterocycles. The Labute approximate surface area is 141 Å². The molecular formula is C17H24N4O3. The van der Waals surface area contributed by atoms with Gasteiger partial charge in [-0.2, -0.15) is 0 Å². The van der Waals surface area contributed by atoms with Crippen LogP contribution >= 0.6 is 0 Å². The summed E-state index contributed by atoms with van der Waals surface area (Å²) in [4.78, 5) is 1.69. The van der Waals surface area contributed by atoms with E-state index in [1.807, 2.05) is 60.7 Å². The van der Waals surface area contributed by atoms with Crippen LogP contribution in [0.1, 0.15) is 0 Å². The zero-order chi connectivity index (χ0) is 18.0. The van der Waals surface area contributed by atoms with Crippen molar-refractivity contribution in [3.8, 4) is 0 Å². The fourth-order valence-electron chi connectivity index (χ4n) is 1.73. The quantitative estimate of drug-likeness (QED) is 0.345. The molecule has 0 unspecified atom stereocenters. The number of guanidine groups is 1. The Hall–Kier alpha value is -2.45. The van der Waals surface area contributed by atoms with Crippen LogP contribution in [-0.2, 0) is 0 Å². The standard InChI is InChI=1S/C13H13N3.C4H11NO3/c14-13(15)16(11-7-3-1-4-8-11)12-9-5-2-6-10-12;5-4(1-6,2-7)3-8/h1-10H,(H3,14,15);6-8H,1-3,5H2. The minimum Gasteiger partial charge on any atom is -0.394 e. The lowest BCUT2D eigenvalue weighted by Crippen LogP contribution is -2.50. The number of nitrogens with zero attached hydrogens (tertiary/aromatic N) is 1. The molecule has 0 aliphatic heterocycles. The van der Waals surface area contributed by atoms with Gasteiger partial charge in [-0.1, -0.05) is 36.4 Å². The maximum Gasteiger partial charge on any atom is 0.197 e. The lowest BCUT2D eigenvalue weighted by Gasteiger charge is -2.22. The molecule has 2 aromatic rings. The first-order valence-electron chi connectivity index (χ1n) is 7.33. The highest BCUT2D eigenvalue weighted by Gasteiger charge is 2.20. The van der Waals surface area contributed by atoms with E-state index in [0.29, 0.717) is 0 Å². The molecule has 0 atom stereocenters. The van der Waals surface area contributed by atoms with Gasteiger partial charge in [-0.3, -0.25) is 10.3 Å². The number of aliphatic hydroxyl groups is 3. The maximum atomic E-state index is 8.34. The maximum absolute atomic E-state index is 8.34. The molecule has 130 valence electrons. The van der Waals surface area contributed by atoms with E-state index in [9.17, 15) is 0 Å². The molecule has 0 saturated carbocycles. The third-order valence-corrected chi connectivity index (χ3v) is 3.21. The summed E-state index contributed by atoms with van der Waals surface area (Å²) in [6.45, 7) is -1.21. The van der Waals surface area contributed by atoms with Crippen LogP contribution in [0.2, 0.25) is 0 Å². The fourth-order valence-corrected chi connectivity index (χ4v) is 1.73. The van der Waals surface area contributed by atoms with Crippen molar-refractivity contribution in [2.24, 2.45) is 11.5 Å². The molecule has 0 spiro atoms. The highest BCUT2D eigenvalue weighted by molar-refractivity contribution is 5.99. The van der Waals surface area contributed by atoms with E-state index < -0.39 is 25.4 Å². The van der Waals surface area contributed by atoms with Crippen LogP contribution in [0, 0.1) is 5.41 Å². The third-order valence-electron chi connectivity index (χ3n) is 3.21. The minimum absolute atomic E-state index is 0.0115. The van der Waals surface area contributed by atoms with E-state index in [-0.39, 0.29) is 5.96 Å². The number of para-hydroxylation sites is 2. The van der Waals surface area contributed by atoms with Gasteiger partial charge in [0.15, 0.2) is 5.96 Å². The van der Waals surface area contributed by atoms with Gasteiger partial charge in [0.05, 0.1) is 25.4 Å². The first-order chi connectivity index (χ1) is 11.5. The molecule has 2 rings (SSSR count). The number of aliphatic hydroxyl groups excluding tert-OH is 3. The van der Waals surface area contributed by atoms with Crippen LogP contribution in [-0.4, -0.2) is 46.6 Å². The van der Waals surface area contributed by atoms with Crippen LogP contribution < -0.4 is 16.4 Å². The lowest BCUT2D eigenvalue weighted by molar-refractivity contribution is 0.0698. The molecular weight excluding hydrogens is 308 g/mol. The summed E-state index contributed by atoms with van der Waals surface area (Å²) in [5, 5.41) is 32.7. The molecule has 0 aliphatic carbocycles. The smallest absolute Gasteiger partial charge is 0.197 e. The molecule has 0 amide bonds. The van der Waals surface area contributed by atoms with Crippen molar-refractivity contribution < 1.29 is 15.3 Å². The van der Waals surface area contributed by atoms with Gasteiger partial charge in [0.25, 0.3) is 0 Å². The first kappa shape index (κ1) is 19.6. The van der Waals surface area contributed by atoms with Crippen LogP contribution in [0.4, 0.5) is 11.4 Å². The van der Waals surface area contributed by atoms with Crippen LogP contribution in [0.25, 0.3) is 0 Å². The van der Waals surface area contributed by atoms with Crippen molar-refractivity contribution >= 4 is 17.3 Å². The monoisotopic (exact) mass is 332 g/mol. The number of rotatable bonds is 5. The van der Waals surface area contributed by atoms with Gasteiger partial charge in [0.1, 0.15) is 0 Å². The number of nitrogens with two attached hydrogens (primary N) is 2. The topological polar surface area (TPSA) is 140 Å². The molecule has 24 heavy (non-hydrogen) atoms. The van der Waals surface area contributed by atoms with Gasteiger partial charge >= 0.3 is 0 Å². The third kappa shape index (κ3) is 5.64. The molecule has 2 aromatic carbocycles. The van der Waals surface area contributed by atoms with Crippen molar-refractivity contribution in [1.82, 2.24) is 0 Å².